The van der Waals surface area contributed by atoms with Gasteiger partial charge in [-0.1, -0.05) is 38.1 Å². The molecule has 4 heteroatoms. The smallest absolute Gasteiger partial charge is 0.779 e. The van der Waals surface area contributed by atoms with E-state index in [2.05, 4.69) is 52.0 Å². The van der Waals surface area contributed by atoms with E-state index in [1.165, 1.54) is 27.8 Å². The topological polar surface area (TPSA) is 0 Å². The molecule has 0 aromatic carbocycles. The Morgan fingerprint density at radius 1 is 0.895 bits per heavy atom. The number of fused-ring (bicyclic) bond motifs is 1. The first kappa shape index (κ1) is 23.2. The van der Waals surface area contributed by atoms with Crippen molar-refractivity contribution in [1.29, 1.82) is 0 Å². The van der Waals surface area contributed by atoms with Crippen LogP contribution in [0, 0.1) is 13.8 Å². The molecule has 0 fully saturated rings. The average molecular weight is 298 g/mol. The van der Waals surface area contributed by atoms with Gasteiger partial charge in [0.15, 0.2) is 0 Å². The van der Waals surface area contributed by atoms with E-state index in [4.69, 9.17) is 12.6 Å². The van der Waals surface area contributed by atoms with Crippen LogP contribution in [0.5, 0.6) is 0 Å². The van der Waals surface area contributed by atoms with Crippen LogP contribution in [0.1, 0.15) is 36.5 Å². The molecule has 0 amide bonds. The van der Waals surface area contributed by atoms with E-state index < -0.39 is 0 Å². The molecule has 0 nitrogen and oxygen atoms in total. The van der Waals surface area contributed by atoms with Gasteiger partial charge >= 0.3 is 88.7 Å². The fraction of sp³-hybridized carbons (Fsp3) is 0.333. The van der Waals surface area contributed by atoms with Crippen LogP contribution in [-0.4, -0.2) is 0 Å². The van der Waals surface area contributed by atoms with Crippen molar-refractivity contribution in [3.8, 4) is 11.1 Å². The summed E-state index contributed by atoms with van der Waals surface area (Å²) in [7, 11) is 0. The zero-order chi connectivity index (χ0) is 11.9. The molecular formula is C15H17Na3S+2. The molecule has 0 saturated heterocycles. The Hall–Kier alpha value is 1.92. The van der Waals surface area contributed by atoms with E-state index >= 15 is 0 Å². The molecule has 0 unspecified atom stereocenters. The van der Waals surface area contributed by atoms with Crippen molar-refractivity contribution in [2.75, 3.05) is 0 Å². The Balaban J connectivity index is 0. The molecule has 0 N–H and O–H groups in total. The molecule has 0 saturated carbocycles. The van der Waals surface area contributed by atoms with Crippen molar-refractivity contribution in [2.45, 2.75) is 38.5 Å². The monoisotopic (exact) mass is 298 g/mol. The Morgan fingerprint density at radius 2 is 1.47 bits per heavy atom. The maximum absolute atomic E-state index is 5.42. The first-order valence-electron chi connectivity index (χ1n) is 5.71. The van der Waals surface area contributed by atoms with E-state index in [0.29, 0.717) is 5.92 Å². The minimum absolute atomic E-state index is 0. The normalized spacial score (nSPS) is 9.53. The molecule has 2 aliphatic carbocycles. The Labute approximate surface area is 189 Å². The summed E-state index contributed by atoms with van der Waals surface area (Å²) in [4.78, 5) is 0.982. The van der Waals surface area contributed by atoms with Crippen LogP contribution >= 0.6 is 0 Å². The first-order chi connectivity index (χ1) is 7.50. The maximum Gasteiger partial charge on any atom is 1.00 e. The van der Waals surface area contributed by atoms with Crippen LogP contribution in [0.4, 0.5) is 0 Å². The van der Waals surface area contributed by atoms with Crippen LogP contribution in [-0.2, 0) is 12.6 Å². The molecule has 0 heterocycles. The fourth-order valence-electron chi connectivity index (χ4n) is 2.15. The average Bonchev–Trinajstić information content (AvgIpc) is 2.39. The summed E-state index contributed by atoms with van der Waals surface area (Å²) in [6.45, 7) is 8.73. The molecule has 2 rings (SSSR count). The van der Waals surface area contributed by atoms with E-state index in [1.807, 2.05) is 0 Å². The second-order valence-electron chi connectivity index (χ2n) is 4.80. The van der Waals surface area contributed by atoms with Crippen molar-refractivity contribution < 1.29 is 88.7 Å². The largest absolute Gasteiger partial charge is 1.00 e. The van der Waals surface area contributed by atoms with Crippen molar-refractivity contribution in [3.63, 3.8) is 0 Å². The quantitative estimate of drug-likeness (QED) is 0.377. The van der Waals surface area contributed by atoms with Gasteiger partial charge in [-0.2, -0.15) is 4.90 Å². The molecule has 0 atom stereocenters. The van der Waals surface area contributed by atoms with Crippen LogP contribution in [0.3, 0.4) is 0 Å². The Bertz CT molecular complexity index is 509. The SMILES string of the molecule is Cc1cc([S-])c2c(C)ccc(C(C)C)cc1-2.[Na+].[Na+].[Na+]. The van der Waals surface area contributed by atoms with E-state index in [-0.39, 0.29) is 88.7 Å². The second kappa shape index (κ2) is 9.84. The molecule has 0 bridgehead atoms. The summed E-state index contributed by atoms with van der Waals surface area (Å²) in [5, 5.41) is 0. The third-order valence-electron chi connectivity index (χ3n) is 3.19. The summed E-state index contributed by atoms with van der Waals surface area (Å²) in [6, 6.07) is 8.80. The number of hydrogen-bond donors (Lipinski definition) is 0. The van der Waals surface area contributed by atoms with Crippen LogP contribution in [0.25, 0.3) is 11.1 Å². The predicted octanol–water partition coefficient (Wildman–Crippen LogP) is -4.55. The van der Waals surface area contributed by atoms with Gasteiger partial charge in [0.25, 0.3) is 0 Å². The zero-order valence-corrected chi connectivity index (χ0v) is 20.1. The minimum Gasteiger partial charge on any atom is -0.779 e. The van der Waals surface area contributed by atoms with E-state index in [0.717, 1.165) is 4.90 Å². The third-order valence-corrected chi connectivity index (χ3v) is 3.51. The van der Waals surface area contributed by atoms with Gasteiger partial charge in [-0.25, -0.2) is 0 Å². The predicted molar refractivity (Wildman–Crippen MR) is 72.3 cm³/mol. The summed E-state index contributed by atoms with van der Waals surface area (Å²) >= 11 is 5.42. The summed E-state index contributed by atoms with van der Waals surface area (Å²) in [5.41, 5.74) is 6.51. The second-order valence-corrected chi connectivity index (χ2v) is 5.24. The molecule has 19 heavy (non-hydrogen) atoms. The zero-order valence-electron chi connectivity index (χ0n) is 13.3. The van der Waals surface area contributed by atoms with Gasteiger partial charge in [-0.15, -0.1) is 0 Å². The molecule has 0 radical (unpaired) electrons. The van der Waals surface area contributed by atoms with Crippen molar-refractivity contribution in [3.05, 3.63) is 41.0 Å². The summed E-state index contributed by atoms with van der Waals surface area (Å²) in [6.07, 6.45) is 0. The minimum atomic E-state index is 0. The van der Waals surface area contributed by atoms with Crippen molar-refractivity contribution in [1.82, 2.24) is 0 Å². The first-order valence-corrected chi connectivity index (χ1v) is 6.12. The fourth-order valence-corrected chi connectivity index (χ4v) is 2.60. The van der Waals surface area contributed by atoms with Gasteiger partial charge in [-0.3, -0.25) is 0 Å². The number of rotatable bonds is 1. The molecule has 84 valence electrons. The van der Waals surface area contributed by atoms with Gasteiger partial charge in [0.2, 0.25) is 0 Å². The van der Waals surface area contributed by atoms with Gasteiger partial charge in [0, 0.05) is 0 Å². The van der Waals surface area contributed by atoms with E-state index in [1.54, 1.807) is 0 Å². The van der Waals surface area contributed by atoms with Crippen molar-refractivity contribution >= 4 is 12.6 Å². The molecular weight excluding hydrogens is 281 g/mol. The number of hydrogen-bond acceptors (Lipinski definition) is 1. The van der Waals surface area contributed by atoms with Gasteiger partial charge in [-0.05, 0) is 47.6 Å². The van der Waals surface area contributed by atoms with Crippen LogP contribution in [0.2, 0.25) is 0 Å². The summed E-state index contributed by atoms with van der Waals surface area (Å²) < 4.78 is 0. The Kier molecular flexibility index (Phi) is 12.0. The van der Waals surface area contributed by atoms with E-state index in [9.17, 15) is 0 Å². The van der Waals surface area contributed by atoms with Gasteiger partial charge in [0.05, 0.1) is 0 Å². The van der Waals surface area contributed by atoms with Crippen LogP contribution < -0.4 is 88.7 Å². The molecule has 0 aromatic rings. The molecule has 0 aromatic heterocycles. The summed E-state index contributed by atoms with van der Waals surface area (Å²) in [5.74, 6) is 0.554. The van der Waals surface area contributed by atoms with Gasteiger partial charge in [0.1, 0.15) is 0 Å². The van der Waals surface area contributed by atoms with Gasteiger partial charge < -0.3 is 12.6 Å². The standard InChI is InChI=1S/C15H18S.3Na/c1-9(2)12-6-5-10(3)15-13(8-12)11(4)7-14(15)16;;;/h5-9,16H,1-4H3;;;/q;3*+1/p-1. The molecule has 2 aliphatic rings. The number of aryl methyl sites for hydroxylation is 2. The third kappa shape index (κ3) is 5.25. The maximum atomic E-state index is 5.42. The molecule has 0 spiro atoms. The van der Waals surface area contributed by atoms with Crippen LogP contribution in [0.15, 0.2) is 29.2 Å². The Morgan fingerprint density at radius 3 is 2.00 bits per heavy atom. The molecule has 0 aliphatic heterocycles. The van der Waals surface area contributed by atoms with Crippen molar-refractivity contribution in [2.24, 2.45) is 0 Å².